The second-order valence-corrected chi connectivity index (χ2v) is 7.31. The third-order valence-electron chi connectivity index (χ3n) is 5.18. The summed E-state index contributed by atoms with van der Waals surface area (Å²) in [6.07, 6.45) is -1.44. The Morgan fingerprint density at radius 1 is 0.500 bits per heavy atom. The molecule has 0 bridgehead atoms. The van der Waals surface area contributed by atoms with Crippen LogP contribution in [-0.4, -0.2) is 6.15 Å². The van der Waals surface area contributed by atoms with Gasteiger partial charge in [-0.3, -0.25) is 5.82 Å². The normalized spacial score (nSPS) is 10.8. The van der Waals surface area contributed by atoms with E-state index in [-0.39, 0.29) is 0 Å². The van der Waals surface area contributed by atoms with Crippen LogP contribution < -0.4 is 16.4 Å². The molecule has 0 atom stereocenters. The Morgan fingerprint density at radius 3 is 1.29 bits per heavy atom. The molecule has 28 heavy (non-hydrogen) atoms. The van der Waals surface area contributed by atoms with E-state index < -0.39 is 6.15 Å². The van der Waals surface area contributed by atoms with Crippen LogP contribution in [0.3, 0.4) is 0 Å². The molecule has 0 nitrogen and oxygen atoms in total. The molecule has 4 aromatic rings. The lowest BCUT2D eigenvalue weighted by molar-refractivity contribution is 1.65. The lowest BCUT2D eigenvalue weighted by Gasteiger charge is -2.38. The SMILES string of the molecule is Clc1ccc(C#C[B-](c2ccccc2)(c2ccccc2)c2ccccc2)cc1. The Kier molecular flexibility index (Phi) is 5.33. The van der Waals surface area contributed by atoms with Gasteiger partial charge >= 0.3 is 0 Å². The fraction of sp³-hybridized carbons (Fsp3) is 0. The van der Waals surface area contributed by atoms with Crippen LogP contribution in [0, 0.1) is 11.7 Å². The number of hydrogen-bond donors (Lipinski definition) is 0. The van der Waals surface area contributed by atoms with Gasteiger partial charge in [-0.1, -0.05) is 103 Å². The van der Waals surface area contributed by atoms with Gasteiger partial charge in [-0.15, -0.1) is 5.92 Å². The lowest BCUT2D eigenvalue weighted by Crippen LogP contribution is -2.66. The van der Waals surface area contributed by atoms with Crippen molar-refractivity contribution in [3.8, 4) is 11.7 Å². The molecule has 0 N–H and O–H groups in total. The fourth-order valence-corrected chi connectivity index (χ4v) is 3.90. The largest absolute Gasteiger partial charge is 0.292 e. The van der Waals surface area contributed by atoms with E-state index in [1.807, 2.05) is 42.5 Å². The van der Waals surface area contributed by atoms with Gasteiger partial charge in [-0.25, -0.2) is 0 Å². The molecule has 0 aliphatic heterocycles. The van der Waals surface area contributed by atoms with Gasteiger partial charge in [0.15, 0.2) is 0 Å². The average molecular weight is 378 g/mol. The minimum absolute atomic E-state index is 0.719. The minimum atomic E-state index is -1.44. The van der Waals surface area contributed by atoms with Crippen LogP contribution in [0.1, 0.15) is 5.56 Å². The van der Waals surface area contributed by atoms with Crippen LogP contribution in [0.15, 0.2) is 115 Å². The van der Waals surface area contributed by atoms with Crippen LogP contribution in [0.4, 0.5) is 0 Å². The summed E-state index contributed by atoms with van der Waals surface area (Å²) in [7, 11) is 0. The highest BCUT2D eigenvalue weighted by Gasteiger charge is 2.27. The first-order valence-electron chi connectivity index (χ1n) is 9.40. The van der Waals surface area contributed by atoms with E-state index >= 15 is 0 Å². The Morgan fingerprint density at radius 2 is 0.893 bits per heavy atom. The Balaban J connectivity index is 2.00. The number of halogens is 1. The van der Waals surface area contributed by atoms with Gasteiger partial charge in [-0.2, -0.15) is 16.4 Å². The van der Waals surface area contributed by atoms with Crippen molar-refractivity contribution in [2.24, 2.45) is 0 Å². The molecule has 134 valence electrons. The monoisotopic (exact) mass is 377 g/mol. The van der Waals surface area contributed by atoms with Gasteiger partial charge in [0, 0.05) is 10.6 Å². The Labute approximate surface area is 171 Å². The minimum Gasteiger partial charge on any atom is -0.292 e. The zero-order chi connectivity index (χ0) is 19.2. The number of benzene rings is 4. The first-order chi connectivity index (χ1) is 13.8. The summed E-state index contributed by atoms with van der Waals surface area (Å²) in [5.41, 5.74) is 4.59. The van der Waals surface area contributed by atoms with Crippen LogP contribution in [-0.2, 0) is 0 Å². The van der Waals surface area contributed by atoms with Crippen LogP contribution in [0.25, 0.3) is 0 Å². The van der Waals surface area contributed by atoms with Gasteiger partial charge < -0.3 is 0 Å². The summed E-state index contributed by atoms with van der Waals surface area (Å²) in [6.45, 7) is 0. The molecule has 0 aliphatic carbocycles. The molecule has 4 aromatic carbocycles. The zero-order valence-electron chi connectivity index (χ0n) is 15.4. The second-order valence-electron chi connectivity index (χ2n) is 6.87. The molecule has 0 saturated carbocycles. The summed E-state index contributed by atoms with van der Waals surface area (Å²) < 4.78 is 0. The van der Waals surface area contributed by atoms with Crippen molar-refractivity contribution in [3.63, 3.8) is 0 Å². The summed E-state index contributed by atoms with van der Waals surface area (Å²) in [5.74, 6) is 7.11. The number of rotatable bonds is 3. The summed E-state index contributed by atoms with van der Waals surface area (Å²) in [6, 6.07) is 39.4. The first-order valence-corrected chi connectivity index (χ1v) is 9.78. The fourth-order valence-electron chi connectivity index (χ4n) is 3.78. The highest BCUT2D eigenvalue weighted by molar-refractivity contribution is 7.16. The van der Waals surface area contributed by atoms with E-state index in [9.17, 15) is 0 Å². The second kappa shape index (κ2) is 8.22. The predicted molar refractivity (Wildman–Crippen MR) is 122 cm³/mol. The lowest BCUT2D eigenvalue weighted by atomic mass is 9.16. The van der Waals surface area contributed by atoms with Crippen LogP contribution in [0.5, 0.6) is 0 Å². The molecule has 0 spiro atoms. The van der Waals surface area contributed by atoms with Crippen molar-refractivity contribution in [3.05, 3.63) is 126 Å². The van der Waals surface area contributed by atoms with E-state index in [0.717, 1.165) is 10.6 Å². The van der Waals surface area contributed by atoms with Gasteiger partial charge in [0.05, 0.1) is 0 Å². The molecule has 0 aromatic heterocycles. The first kappa shape index (κ1) is 18.2. The van der Waals surface area contributed by atoms with Crippen LogP contribution in [0.2, 0.25) is 5.02 Å². The van der Waals surface area contributed by atoms with Gasteiger partial charge in [0.2, 0.25) is 0 Å². The molecule has 0 unspecified atom stereocenters. The molecule has 0 fully saturated rings. The quantitative estimate of drug-likeness (QED) is 0.367. The summed E-state index contributed by atoms with van der Waals surface area (Å²) in [4.78, 5) is 0. The maximum Gasteiger partial charge on any atom is 0.149 e. The smallest absolute Gasteiger partial charge is 0.149 e. The third kappa shape index (κ3) is 3.61. The summed E-state index contributed by atoms with van der Waals surface area (Å²) >= 11 is 6.05. The molecule has 0 amide bonds. The molecule has 0 radical (unpaired) electrons. The molecule has 0 saturated heterocycles. The highest BCUT2D eigenvalue weighted by atomic mass is 35.5. The molecular formula is C26H19BCl-. The van der Waals surface area contributed by atoms with Crippen molar-refractivity contribution < 1.29 is 0 Å². The molecule has 0 aliphatic rings. The van der Waals surface area contributed by atoms with E-state index in [1.165, 1.54) is 16.4 Å². The Hall–Kier alpha value is -3.21. The van der Waals surface area contributed by atoms with E-state index in [2.05, 4.69) is 84.5 Å². The van der Waals surface area contributed by atoms with Crippen LogP contribution >= 0.6 is 11.6 Å². The van der Waals surface area contributed by atoms with Gasteiger partial charge in [-0.05, 0) is 24.3 Å². The molecular weight excluding hydrogens is 359 g/mol. The van der Waals surface area contributed by atoms with E-state index in [1.54, 1.807) is 0 Å². The average Bonchev–Trinajstić information content (AvgIpc) is 2.78. The van der Waals surface area contributed by atoms with Gasteiger partial charge in [0.1, 0.15) is 6.15 Å². The van der Waals surface area contributed by atoms with Crippen molar-refractivity contribution in [1.29, 1.82) is 0 Å². The Bertz CT molecular complexity index is 997. The van der Waals surface area contributed by atoms with Crippen molar-refractivity contribution in [2.75, 3.05) is 0 Å². The maximum absolute atomic E-state index is 6.05. The van der Waals surface area contributed by atoms with Crippen molar-refractivity contribution >= 4 is 34.1 Å². The van der Waals surface area contributed by atoms with Gasteiger partial charge in [0.25, 0.3) is 0 Å². The molecule has 4 rings (SSSR count). The standard InChI is InChI=1S/C26H19BCl/c28-26-18-16-22(17-19-26)20-21-27(23-10-4-1-5-11-23,24-12-6-2-7-13-24)25-14-8-3-9-15-25/h1-19H/q-1. The van der Waals surface area contributed by atoms with E-state index in [0.29, 0.717) is 0 Å². The topological polar surface area (TPSA) is 0 Å². The predicted octanol–water partition coefficient (Wildman–Crippen LogP) is 4.40. The van der Waals surface area contributed by atoms with E-state index in [4.69, 9.17) is 11.6 Å². The summed E-state index contributed by atoms with van der Waals surface area (Å²) in [5, 5.41) is 0.719. The zero-order valence-corrected chi connectivity index (χ0v) is 16.2. The molecule has 2 heteroatoms. The third-order valence-corrected chi connectivity index (χ3v) is 5.43. The maximum atomic E-state index is 6.05. The molecule has 0 heterocycles. The van der Waals surface area contributed by atoms with Crippen molar-refractivity contribution in [2.45, 2.75) is 0 Å². The highest BCUT2D eigenvalue weighted by Crippen LogP contribution is 2.10. The number of hydrogen-bond acceptors (Lipinski definition) is 0. The van der Waals surface area contributed by atoms with Crippen molar-refractivity contribution in [1.82, 2.24) is 0 Å².